The summed E-state index contributed by atoms with van der Waals surface area (Å²) in [7, 11) is 0.801. The molecule has 0 unspecified atom stereocenters. The lowest BCUT2D eigenvalue weighted by Crippen LogP contribution is -2.42. The van der Waals surface area contributed by atoms with Gasteiger partial charge in [0, 0.05) is 31.1 Å². The van der Waals surface area contributed by atoms with Gasteiger partial charge in [0.05, 0.1) is 25.7 Å². The molecule has 1 fully saturated rings. The highest BCUT2D eigenvalue weighted by atomic mass is 35.5. The number of nitrogens with zero attached hydrogens (tertiary/aromatic N) is 3. The Morgan fingerprint density at radius 3 is 2.51 bits per heavy atom. The minimum Gasteiger partial charge on any atom is -0.371 e. The third kappa shape index (κ3) is 5.92. The van der Waals surface area contributed by atoms with Crippen LogP contribution in [0.2, 0.25) is 5.02 Å². The summed E-state index contributed by atoms with van der Waals surface area (Å²) in [6, 6.07) is 9.55. The average Bonchev–Trinajstić information content (AvgIpc) is 3.20. The summed E-state index contributed by atoms with van der Waals surface area (Å²) in [5, 5.41) is 5.30. The van der Waals surface area contributed by atoms with Crippen LogP contribution in [0.25, 0.3) is 10.2 Å². The second-order valence-corrected chi connectivity index (χ2v) is 12.1. The summed E-state index contributed by atoms with van der Waals surface area (Å²) in [5.41, 5.74) is 1.62. The van der Waals surface area contributed by atoms with Crippen molar-refractivity contribution in [3.63, 3.8) is 0 Å². The smallest absolute Gasteiger partial charge is 0.327 e. The van der Waals surface area contributed by atoms with Gasteiger partial charge >= 0.3 is 6.03 Å². The Kier molecular flexibility index (Phi) is 7.32. The molecule has 35 heavy (non-hydrogen) atoms. The number of carbonyl (C=O) groups is 2. The van der Waals surface area contributed by atoms with E-state index in [-0.39, 0.29) is 20.6 Å². The van der Waals surface area contributed by atoms with E-state index in [1.54, 1.807) is 18.2 Å². The maximum absolute atomic E-state index is 12.8. The number of benzene rings is 2. The summed E-state index contributed by atoms with van der Waals surface area (Å²) >= 11 is 7.38. The Balaban J connectivity index is 1.43. The van der Waals surface area contributed by atoms with Crippen molar-refractivity contribution in [3.05, 3.63) is 47.0 Å². The van der Waals surface area contributed by atoms with Crippen molar-refractivity contribution in [3.8, 4) is 0 Å². The highest BCUT2D eigenvalue weighted by molar-refractivity contribution is 7.90. The van der Waals surface area contributed by atoms with Crippen molar-refractivity contribution in [2.24, 2.45) is 0 Å². The van der Waals surface area contributed by atoms with Crippen LogP contribution in [-0.2, 0) is 9.84 Å². The summed E-state index contributed by atoms with van der Waals surface area (Å²) in [6.07, 6.45) is 3.17. The number of urea groups is 1. The maximum Gasteiger partial charge on any atom is 0.327 e. The predicted octanol–water partition coefficient (Wildman–Crippen LogP) is 3.85. The zero-order valence-electron chi connectivity index (χ0n) is 19.5. The van der Waals surface area contributed by atoms with Gasteiger partial charge in [0.25, 0.3) is 5.91 Å². The quantitative estimate of drug-likeness (QED) is 0.510. The van der Waals surface area contributed by atoms with E-state index in [2.05, 4.69) is 39.5 Å². The van der Waals surface area contributed by atoms with E-state index in [0.717, 1.165) is 49.2 Å². The first-order chi connectivity index (χ1) is 16.5. The number of thiazole rings is 1. The van der Waals surface area contributed by atoms with Crippen molar-refractivity contribution < 1.29 is 18.0 Å². The average molecular weight is 536 g/mol. The second kappa shape index (κ2) is 10.1. The summed E-state index contributed by atoms with van der Waals surface area (Å²) < 4.78 is 24.1. The topological polar surface area (TPSA) is 112 Å². The maximum atomic E-state index is 12.8. The number of hydrogen-bond donors (Lipinski definition) is 2. The van der Waals surface area contributed by atoms with Crippen LogP contribution >= 0.6 is 22.9 Å². The molecule has 0 aliphatic carbocycles. The van der Waals surface area contributed by atoms with E-state index in [9.17, 15) is 18.0 Å². The molecule has 2 heterocycles. The third-order valence-corrected chi connectivity index (χ3v) is 8.36. The van der Waals surface area contributed by atoms with Gasteiger partial charge in [-0.1, -0.05) is 22.9 Å². The zero-order valence-corrected chi connectivity index (χ0v) is 21.9. The fourth-order valence-corrected chi connectivity index (χ4v) is 5.84. The molecule has 1 aliphatic rings. The number of piperidine rings is 1. The van der Waals surface area contributed by atoms with E-state index < -0.39 is 21.8 Å². The molecule has 0 radical (unpaired) electrons. The number of sulfone groups is 1. The monoisotopic (exact) mass is 535 g/mol. The lowest BCUT2D eigenvalue weighted by atomic mass is 10.0. The van der Waals surface area contributed by atoms with Crippen LogP contribution in [-0.4, -0.2) is 69.7 Å². The van der Waals surface area contributed by atoms with Crippen LogP contribution in [0.3, 0.4) is 0 Å². The van der Waals surface area contributed by atoms with Crippen molar-refractivity contribution >= 4 is 65.7 Å². The summed E-state index contributed by atoms with van der Waals surface area (Å²) in [5.74, 6) is -0.627. The van der Waals surface area contributed by atoms with Gasteiger partial charge in [0.1, 0.15) is 0 Å². The molecule has 2 N–H and O–H groups in total. The standard InChI is InChI=1S/C23H26ClN5O4S2/c1-28(2)14-8-10-29(11-9-14)15-4-6-18(24)17(12-15)21(30)26-22(31)27-23-25-19-7-5-16(35(3,32)33)13-20(19)34-23/h4-7,12-14H,8-11H2,1-3H3,(H2,25,26,27,30,31). The van der Waals surface area contributed by atoms with Gasteiger partial charge in [0.15, 0.2) is 15.0 Å². The van der Waals surface area contributed by atoms with Crippen molar-refractivity contribution in [2.45, 2.75) is 23.8 Å². The molecule has 1 aliphatic heterocycles. The Morgan fingerprint density at radius 2 is 1.86 bits per heavy atom. The fourth-order valence-electron chi connectivity index (χ4n) is 4.01. The molecule has 0 spiro atoms. The molecule has 9 nitrogen and oxygen atoms in total. The number of imide groups is 1. The van der Waals surface area contributed by atoms with Gasteiger partial charge in [0.2, 0.25) is 0 Å². The Labute approximate surface area is 213 Å². The number of halogens is 1. The molecule has 0 saturated carbocycles. The molecular formula is C23H26ClN5O4S2. The number of anilines is 2. The molecule has 186 valence electrons. The van der Waals surface area contributed by atoms with Gasteiger partial charge in [-0.2, -0.15) is 0 Å². The third-order valence-electron chi connectivity index (χ3n) is 5.99. The minimum atomic E-state index is -3.36. The largest absolute Gasteiger partial charge is 0.371 e. The van der Waals surface area contributed by atoms with Crippen LogP contribution in [0.15, 0.2) is 41.3 Å². The first kappa shape index (κ1) is 25.4. The first-order valence-corrected chi connectivity index (χ1v) is 14.0. The molecule has 3 amide bonds. The Morgan fingerprint density at radius 1 is 1.14 bits per heavy atom. The fraction of sp³-hybridized carbons (Fsp3) is 0.348. The Hall–Kier alpha value is -2.73. The van der Waals surface area contributed by atoms with Gasteiger partial charge in [-0.05, 0) is 63.3 Å². The molecule has 3 aromatic rings. The van der Waals surface area contributed by atoms with Gasteiger partial charge in [-0.15, -0.1) is 0 Å². The molecule has 0 atom stereocenters. The molecule has 0 bridgehead atoms. The van der Waals surface area contributed by atoms with E-state index >= 15 is 0 Å². The number of rotatable bonds is 5. The number of nitrogens with one attached hydrogen (secondary N) is 2. The van der Waals surface area contributed by atoms with Crippen molar-refractivity contribution in [2.75, 3.05) is 43.7 Å². The summed E-state index contributed by atoms with van der Waals surface area (Å²) in [4.78, 5) is 34.1. The highest BCUT2D eigenvalue weighted by Gasteiger charge is 2.23. The SMILES string of the molecule is CN(C)C1CCN(c2ccc(Cl)c(C(=O)NC(=O)Nc3nc4ccc(S(C)(=O)=O)cc4s3)c2)CC1. The lowest BCUT2D eigenvalue weighted by molar-refractivity contribution is 0.0967. The second-order valence-electron chi connectivity index (χ2n) is 8.67. The number of amides is 3. The molecule has 2 aromatic carbocycles. The number of fused-ring (bicyclic) bond motifs is 1. The summed E-state index contributed by atoms with van der Waals surface area (Å²) in [6.45, 7) is 1.73. The highest BCUT2D eigenvalue weighted by Crippen LogP contribution is 2.29. The molecule has 1 aromatic heterocycles. The molecule has 12 heteroatoms. The van der Waals surface area contributed by atoms with Crippen LogP contribution in [0.1, 0.15) is 23.2 Å². The van der Waals surface area contributed by atoms with Crippen LogP contribution in [0, 0.1) is 0 Å². The van der Waals surface area contributed by atoms with Gasteiger partial charge < -0.3 is 9.80 Å². The van der Waals surface area contributed by atoms with E-state index in [0.29, 0.717) is 16.3 Å². The van der Waals surface area contributed by atoms with Crippen molar-refractivity contribution in [1.29, 1.82) is 0 Å². The molecular weight excluding hydrogens is 510 g/mol. The van der Waals surface area contributed by atoms with Crippen molar-refractivity contribution in [1.82, 2.24) is 15.2 Å². The van der Waals surface area contributed by atoms with Gasteiger partial charge in [-0.3, -0.25) is 15.4 Å². The lowest BCUT2D eigenvalue weighted by Gasteiger charge is -2.36. The molecule has 1 saturated heterocycles. The zero-order chi connectivity index (χ0) is 25.3. The van der Waals surface area contributed by atoms with Crippen LogP contribution in [0.5, 0.6) is 0 Å². The number of carbonyl (C=O) groups excluding carboxylic acids is 2. The van der Waals surface area contributed by atoms with Gasteiger partial charge in [-0.25, -0.2) is 18.2 Å². The van der Waals surface area contributed by atoms with E-state index in [1.165, 1.54) is 12.1 Å². The van der Waals surface area contributed by atoms with Crippen LogP contribution in [0.4, 0.5) is 15.6 Å². The van der Waals surface area contributed by atoms with Crippen LogP contribution < -0.4 is 15.5 Å². The first-order valence-electron chi connectivity index (χ1n) is 10.9. The van der Waals surface area contributed by atoms with E-state index in [4.69, 9.17) is 11.6 Å². The molecule has 4 rings (SSSR count). The Bertz CT molecular complexity index is 1380. The number of hydrogen-bond acceptors (Lipinski definition) is 8. The normalized spacial score (nSPS) is 14.9. The minimum absolute atomic E-state index is 0.167. The van der Waals surface area contributed by atoms with E-state index in [1.807, 2.05) is 6.07 Å². The number of aromatic nitrogens is 1. The predicted molar refractivity (Wildman–Crippen MR) is 140 cm³/mol.